The Kier molecular flexibility index (Phi) is 3.38. The van der Waals surface area contributed by atoms with Gasteiger partial charge in [0.2, 0.25) is 0 Å². The molecule has 0 heterocycles. The van der Waals surface area contributed by atoms with E-state index in [9.17, 15) is 4.79 Å². The van der Waals surface area contributed by atoms with Gasteiger partial charge in [0.15, 0.2) is 5.78 Å². The lowest BCUT2D eigenvalue weighted by Gasteiger charge is -2.04. The summed E-state index contributed by atoms with van der Waals surface area (Å²) in [6.07, 6.45) is 0.365. The molecule has 3 heteroatoms. The largest absolute Gasteiger partial charge is 0.392 e. The second kappa shape index (κ2) is 4.54. The molecule has 0 aliphatic carbocycles. The molecule has 0 atom stereocenters. The Balaban J connectivity index is 3.31. The zero-order valence-electron chi connectivity index (χ0n) is 7.95. The molecule has 1 aromatic rings. The lowest BCUT2D eigenvalue weighted by atomic mass is 9.98. The molecular formula is C11H11NO2. The van der Waals surface area contributed by atoms with E-state index in [2.05, 4.69) is 0 Å². The zero-order valence-corrected chi connectivity index (χ0v) is 7.95. The number of Topliss-reactive ketones (excluding diaryl/α,β-unsaturated/α-hetero) is 1. The number of ketones is 1. The van der Waals surface area contributed by atoms with Crippen LogP contribution >= 0.6 is 0 Å². The fourth-order valence-corrected chi connectivity index (χ4v) is 1.29. The minimum atomic E-state index is -0.215. The number of rotatable bonds is 3. The van der Waals surface area contributed by atoms with Gasteiger partial charge in [0.05, 0.1) is 12.2 Å². The van der Waals surface area contributed by atoms with Crippen molar-refractivity contribution in [1.29, 1.82) is 5.26 Å². The lowest BCUT2D eigenvalue weighted by Crippen LogP contribution is -2.03. The van der Waals surface area contributed by atoms with Gasteiger partial charge in [-0.15, -0.1) is 0 Å². The SMILES string of the molecule is CCC(=O)c1cccc(CO)c1C#N. The van der Waals surface area contributed by atoms with Crippen molar-refractivity contribution in [3.8, 4) is 6.07 Å². The first-order valence-corrected chi connectivity index (χ1v) is 4.40. The number of aliphatic hydroxyl groups is 1. The third-order valence-electron chi connectivity index (χ3n) is 2.05. The molecule has 0 amide bonds. The van der Waals surface area contributed by atoms with Crippen LogP contribution in [0.2, 0.25) is 0 Å². The molecule has 0 saturated carbocycles. The number of nitrogens with zero attached hydrogens (tertiary/aromatic N) is 1. The average molecular weight is 189 g/mol. The first-order valence-electron chi connectivity index (χ1n) is 4.40. The molecule has 0 radical (unpaired) electrons. The van der Waals surface area contributed by atoms with E-state index in [1.807, 2.05) is 6.07 Å². The van der Waals surface area contributed by atoms with Crippen molar-refractivity contribution in [2.24, 2.45) is 0 Å². The summed E-state index contributed by atoms with van der Waals surface area (Å²) in [7, 11) is 0. The molecule has 0 bridgehead atoms. The summed E-state index contributed by atoms with van der Waals surface area (Å²) in [6, 6.07) is 6.88. The molecule has 72 valence electrons. The molecular weight excluding hydrogens is 178 g/mol. The van der Waals surface area contributed by atoms with E-state index >= 15 is 0 Å². The third kappa shape index (κ3) is 1.81. The van der Waals surface area contributed by atoms with Crippen molar-refractivity contribution in [3.63, 3.8) is 0 Å². The van der Waals surface area contributed by atoms with E-state index in [0.717, 1.165) is 0 Å². The van der Waals surface area contributed by atoms with E-state index < -0.39 is 0 Å². The highest BCUT2D eigenvalue weighted by molar-refractivity contribution is 5.98. The Morgan fingerprint density at radius 3 is 2.79 bits per heavy atom. The number of hydrogen-bond donors (Lipinski definition) is 1. The molecule has 0 aromatic heterocycles. The third-order valence-corrected chi connectivity index (χ3v) is 2.05. The lowest BCUT2D eigenvalue weighted by molar-refractivity contribution is 0.0987. The van der Waals surface area contributed by atoms with Crippen molar-refractivity contribution in [2.45, 2.75) is 20.0 Å². The van der Waals surface area contributed by atoms with Crippen LogP contribution in [0.25, 0.3) is 0 Å². The molecule has 0 spiro atoms. The quantitative estimate of drug-likeness (QED) is 0.735. The predicted octanol–water partition coefficient (Wildman–Crippen LogP) is 1.64. The Morgan fingerprint density at radius 1 is 1.57 bits per heavy atom. The normalized spacial score (nSPS) is 9.50. The zero-order chi connectivity index (χ0) is 10.6. The van der Waals surface area contributed by atoms with Gasteiger partial charge >= 0.3 is 0 Å². The Labute approximate surface area is 82.6 Å². The van der Waals surface area contributed by atoms with Crippen LogP contribution in [0.15, 0.2) is 18.2 Å². The van der Waals surface area contributed by atoms with E-state index in [1.54, 1.807) is 25.1 Å². The summed E-state index contributed by atoms with van der Waals surface area (Å²) < 4.78 is 0. The summed E-state index contributed by atoms with van der Waals surface area (Å²) in [6.45, 7) is 1.53. The van der Waals surface area contributed by atoms with E-state index in [0.29, 0.717) is 23.1 Å². The Morgan fingerprint density at radius 2 is 2.29 bits per heavy atom. The van der Waals surface area contributed by atoms with Gasteiger partial charge in [-0.05, 0) is 5.56 Å². The van der Waals surface area contributed by atoms with Crippen LogP contribution in [-0.2, 0) is 6.61 Å². The minimum Gasteiger partial charge on any atom is -0.392 e. The summed E-state index contributed by atoms with van der Waals surface area (Å²) >= 11 is 0. The smallest absolute Gasteiger partial charge is 0.163 e. The molecule has 1 aromatic carbocycles. The summed E-state index contributed by atoms with van der Waals surface area (Å²) in [5, 5.41) is 17.8. The molecule has 0 saturated heterocycles. The van der Waals surface area contributed by atoms with Gasteiger partial charge in [-0.25, -0.2) is 0 Å². The van der Waals surface area contributed by atoms with Gasteiger partial charge in [-0.1, -0.05) is 25.1 Å². The predicted molar refractivity (Wildman–Crippen MR) is 51.7 cm³/mol. The average Bonchev–Trinajstić information content (AvgIpc) is 2.26. The highest BCUT2D eigenvalue weighted by Gasteiger charge is 2.12. The fraction of sp³-hybridized carbons (Fsp3) is 0.273. The Hall–Kier alpha value is -1.66. The highest BCUT2D eigenvalue weighted by Crippen LogP contribution is 2.15. The van der Waals surface area contributed by atoms with Crippen LogP contribution in [0.3, 0.4) is 0 Å². The topological polar surface area (TPSA) is 61.1 Å². The van der Waals surface area contributed by atoms with Gasteiger partial charge < -0.3 is 5.11 Å². The number of hydrogen-bond acceptors (Lipinski definition) is 3. The van der Waals surface area contributed by atoms with E-state index in [-0.39, 0.29) is 12.4 Å². The van der Waals surface area contributed by atoms with Gasteiger partial charge in [0.25, 0.3) is 0 Å². The van der Waals surface area contributed by atoms with Gasteiger partial charge in [-0.3, -0.25) is 4.79 Å². The van der Waals surface area contributed by atoms with Crippen molar-refractivity contribution < 1.29 is 9.90 Å². The second-order valence-corrected chi connectivity index (χ2v) is 2.89. The summed E-state index contributed by atoms with van der Waals surface area (Å²) in [5.41, 5.74) is 1.20. The van der Waals surface area contributed by atoms with Crippen molar-refractivity contribution in [1.82, 2.24) is 0 Å². The number of carbonyl (C=O) groups excluding carboxylic acids is 1. The fourth-order valence-electron chi connectivity index (χ4n) is 1.29. The first kappa shape index (κ1) is 10.4. The monoisotopic (exact) mass is 189 g/mol. The second-order valence-electron chi connectivity index (χ2n) is 2.89. The van der Waals surface area contributed by atoms with Crippen LogP contribution in [0.5, 0.6) is 0 Å². The van der Waals surface area contributed by atoms with E-state index in [1.165, 1.54) is 0 Å². The molecule has 1 N–H and O–H groups in total. The van der Waals surface area contributed by atoms with Crippen molar-refractivity contribution >= 4 is 5.78 Å². The van der Waals surface area contributed by atoms with Crippen LogP contribution in [0.4, 0.5) is 0 Å². The molecule has 1 rings (SSSR count). The van der Waals surface area contributed by atoms with Crippen LogP contribution in [-0.4, -0.2) is 10.9 Å². The van der Waals surface area contributed by atoms with E-state index in [4.69, 9.17) is 10.4 Å². The molecule has 0 aliphatic rings. The maximum absolute atomic E-state index is 11.4. The first-order chi connectivity index (χ1) is 6.74. The number of nitriles is 1. The number of carbonyl (C=O) groups is 1. The van der Waals surface area contributed by atoms with Gasteiger partial charge in [-0.2, -0.15) is 5.26 Å². The van der Waals surface area contributed by atoms with Crippen molar-refractivity contribution in [3.05, 3.63) is 34.9 Å². The molecule has 3 nitrogen and oxygen atoms in total. The highest BCUT2D eigenvalue weighted by atomic mass is 16.3. The van der Waals surface area contributed by atoms with Crippen LogP contribution < -0.4 is 0 Å². The van der Waals surface area contributed by atoms with Gasteiger partial charge in [0.1, 0.15) is 6.07 Å². The maximum Gasteiger partial charge on any atom is 0.163 e. The van der Waals surface area contributed by atoms with Crippen molar-refractivity contribution in [2.75, 3.05) is 0 Å². The van der Waals surface area contributed by atoms with Crippen LogP contribution in [0.1, 0.15) is 34.8 Å². The number of aliphatic hydroxyl groups excluding tert-OH is 1. The maximum atomic E-state index is 11.4. The van der Waals surface area contributed by atoms with Gasteiger partial charge in [0, 0.05) is 12.0 Å². The Bertz CT molecular complexity index is 391. The minimum absolute atomic E-state index is 0.0724. The molecule has 0 fully saturated rings. The molecule has 14 heavy (non-hydrogen) atoms. The standard InChI is InChI=1S/C11H11NO2/c1-2-11(14)9-5-3-4-8(7-13)10(9)6-12/h3-5,13H,2,7H2,1H3. The molecule has 0 aliphatic heterocycles. The number of benzene rings is 1. The molecule has 0 unspecified atom stereocenters. The summed E-state index contributed by atoms with van der Waals surface area (Å²) in [4.78, 5) is 11.4. The van der Waals surface area contributed by atoms with Crippen LogP contribution in [0, 0.1) is 11.3 Å². The summed E-state index contributed by atoms with van der Waals surface area (Å²) in [5.74, 6) is -0.0724.